The van der Waals surface area contributed by atoms with Crippen LogP contribution in [0.25, 0.3) is 0 Å². The Kier molecular flexibility index (Phi) is 3.32. The summed E-state index contributed by atoms with van der Waals surface area (Å²) in [5.74, 6) is 0. The van der Waals surface area contributed by atoms with Crippen LogP contribution >= 0.6 is 39.1 Å². The quantitative estimate of drug-likeness (QED) is 0.624. The van der Waals surface area contributed by atoms with Gasteiger partial charge in [0.05, 0.1) is 0 Å². The first-order valence-electron chi connectivity index (χ1n) is 3.97. The van der Waals surface area contributed by atoms with E-state index >= 15 is 0 Å². The molecular weight excluding hydrogens is 271 g/mol. The first-order valence-corrected chi connectivity index (χ1v) is 5.52. The summed E-state index contributed by atoms with van der Waals surface area (Å²) in [7, 11) is 0. The van der Waals surface area contributed by atoms with E-state index < -0.39 is 0 Å². The minimum Gasteiger partial charge on any atom is -0.0839 e. The summed E-state index contributed by atoms with van der Waals surface area (Å²) in [6.07, 6.45) is 0. The molecule has 0 aliphatic heterocycles. The average molecular weight is 282 g/mol. The van der Waals surface area contributed by atoms with Gasteiger partial charge < -0.3 is 0 Å². The number of rotatable bonds is 0. The summed E-state index contributed by atoms with van der Waals surface area (Å²) in [5, 5.41) is 1.43. The van der Waals surface area contributed by atoms with E-state index in [2.05, 4.69) is 36.7 Å². The molecular formula is C10H11BrCl2. The topological polar surface area (TPSA) is 0 Å². The fraction of sp³-hybridized carbons (Fsp3) is 0.400. The lowest BCUT2D eigenvalue weighted by atomic mass is 9.87. The van der Waals surface area contributed by atoms with Gasteiger partial charge in [-0.15, -0.1) is 0 Å². The van der Waals surface area contributed by atoms with E-state index in [0.717, 1.165) is 10.0 Å². The highest BCUT2D eigenvalue weighted by Crippen LogP contribution is 2.37. The van der Waals surface area contributed by atoms with Crippen molar-refractivity contribution in [3.63, 3.8) is 0 Å². The zero-order valence-corrected chi connectivity index (χ0v) is 10.9. The SMILES string of the molecule is CC(C)(C)c1c(Cl)cc(Br)cc1Cl. The van der Waals surface area contributed by atoms with Gasteiger partial charge in [0.2, 0.25) is 0 Å². The van der Waals surface area contributed by atoms with Crippen molar-refractivity contribution in [1.29, 1.82) is 0 Å². The van der Waals surface area contributed by atoms with E-state index in [9.17, 15) is 0 Å². The predicted molar refractivity (Wildman–Crippen MR) is 62.9 cm³/mol. The molecule has 0 amide bonds. The molecule has 0 aliphatic carbocycles. The van der Waals surface area contributed by atoms with E-state index in [1.165, 1.54) is 0 Å². The van der Waals surface area contributed by atoms with Gasteiger partial charge in [-0.05, 0) is 23.1 Å². The second-order valence-electron chi connectivity index (χ2n) is 3.99. The molecule has 0 bridgehead atoms. The number of hydrogen-bond donors (Lipinski definition) is 0. The van der Waals surface area contributed by atoms with Crippen molar-refractivity contribution in [2.75, 3.05) is 0 Å². The van der Waals surface area contributed by atoms with Gasteiger partial charge in [0, 0.05) is 14.5 Å². The molecule has 0 spiro atoms. The monoisotopic (exact) mass is 280 g/mol. The van der Waals surface area contributed by atoms with Crippen LogP contribution < -0.4 is 0 Å². The van der Waals surface area contributed by atoms with E-state index in [1.807, 2.05) is 12.1 Å². The maximum absolute atomic E-state index is 6.10. The molecule has 1 aromatic rings. The van der Waals surface area contributed by atoms with Gasteiger partial charge in [0.1, 0.15) is 0 Å². The third-order valence-corrected chi connectivity index (χ3v) is 2.81. The third-order valence-electron chi connectivity index (χ3n) is 1.76. The molecule has 3 heteroatoms. The fourth-order valence-electron chi connectivity index (χ4n) is 1.26. The minimum absolute atomic E-state index is 0.0190. The first-order chi connectivity index (χ1) is 5.82. The van der Waals surface area contributed by atoms with Crippen LogP contribution in [0.4, 0.5) is 0 Å². The smallest absolute Gasteiger partial charge is 0.0469 e. The zero-order chi connectivity index (χ0) is 10.2. The Morgan fingerprint density at radius 1 is 1.08 bits per heavy atom. The van der Waals surface area contributed by atoms with E-state index in [0.29, 0.717) is 10.0 Å². The molecule has 0 aliphatic rings. The molecule has 13 heavy (non-hydrogen) atoms. The van der Waals surface area contributed by atoms with Crippen LogP contribution in [0.15, 0.2) is 16.6 Å². The van der Waals surface area contributed by atoms with Crippen LogP contribution in [0.2, 0.25) is 10.0 Å². The van der Waals surface area contributed by atoms with Crippen molar-refractivity contribution < 1.29 is 0 Å². The molecule has 0 saturated heterocycles. The average Bonchev–Trinajstić information content (AvgIpc) is 1.78. The second kappa shape index (κ2) is 3.80. The van der Waals surface area contributed by atoms with Crippen LogP contribution in [0, 0.1) is 0 Å². The molecule has 1 aromatic carbocycles. The van der Waals surface area contributed by atoms with Gasteiger partial charge in [-0.3, -0.25) is 0 Å². The van der Waals surface area contributed by atoms with Gasteiger partial charge in [-0.1, -0.05) is 59.9 Å². The number of benzene rings is 1. The predicted octanol–water partition coefficient (Wildman–Crippen LogP) is 5.05. The zero-order valence-electron chi connectivity index (χ0n) is 7.79. The van der Waals surface area contributed by atoms with Gasteiger partial charge in [0.25, 0.3) is 0 Å². The Balaban J connectivity index is 3.38. The molecule has 0 radical (unpaired) electrons. The van der Waals surface area contributed by atoms with E-state index in [-0.39, 0.29) is 5.41 Å². The van der Waals surface area contributed by atoms with Gasteiger partial charge >= 0.3 is 0 Å². The summed E-state index contributed by atoms with van der Waals surface area (Å²) in [5.41, 5.74) is 0.980. The molecule has 0 aromatic heterocycles. The Morgan fingerprint density at radius 3 is 1.77 bits per heavy atom. The van der Waals surface area contributed by atoms with Gasteiger partial charge in [-0.2, -0.15) is 0 Å². The molecule has 0 saturated carbocycles. The van der Waals surface area contributed by atoms with Gasteiger partial charge in [-0.25, -0.2) is 0 Å². The summed E-state index contributed by atoms with van der Waals surface area (Å²) in [6.45, 7) is 6.27. The molecule has 0 N–H and O–H groups in total. The van der Waals surface area contributed by atoms with Crippen LogP contribution in [-0.4, -0.2) is 0 Å². The van der Waals surface area contributed by atoms with E-state index in [1.54, 1.807) is 0 Å². The maximum atomic E-state index is 6.10. The molecule has 0 unspecified atom stereocenters. The highest BCUT2D eigenvalue weighted by molar-refractivity contribution is 9.10. The Hall–Kier alpha value is 0.280. The lowest BCUT2D eigenvalue weighted by Crippen LogP contribution is -2.12. The van der Waals surface area contributed by atoms with Crippen molar-refractivity contribution in [3.8, 4) is 0 Å². The Labute approximate surface area is 97.4 Å². The summed E-state index contributed by atoms with van der Waals surface area (Å²) in [6, 6.07) is 3.74. The summed E-state index contributed by atoms with van der Waals surface area (Å²) in [4.78, 5) is 0. The first kappa shape index (κ1) is 11.4. The van der Waals surface area contributed by atoms with Crippen molar-refractivity contribution in [3.05, 3.63) is 32.2 Å². The molecule has 0 fully saturated rings. The van der Waals surface area contributed by atoms with Crippen LogP contribution in [0.3, 0.4) is 0 Å². The Morgan fingerprint density at radius 2 is 1.46 bits per heavy atom. The largest absolute Gasteiger partial charge is 0.0839 e. The van der Waals surface area contributed by atoms with Gasteiger partial charge in [0.15, 0.2) is 0 Å². The van der Waals surface area contributed by atoms with Crippen molar-refractivity contribution in [2.45, 2.75) is 26.2 Å². The van der Waals surface area contributed by atoms with Crippen LogP contribution in [0.5, 0.6) is 0 Å². The van der Waals surface area contributed by atoms with E-state index in [4.69, 9.17) is 23.2 Å². The van der Waals surface area contributed by atoms with Crippen molar-refractivity contribution >= 4 is 39.1 Å². The van der Waals surface area contributed by atoms with Crippen LogP contribution in [-0.2, 0) is 5.41 Å². The summed E-state index contributed by atoms with van der Waals surface area (Å²) < 4.78 is 0.913. The number of hydrogen-bond acceptors (Lipinski definition) is 0. The molecule has 0 nitrogen and oxygen atoms in total. The lowest BCUT2D eigenvalue weighted by Gasteiger charge is -2.22. The molecule has 0 heterocycles. The Bertz CT molecular complexity index is 303. The molecule has 1 rings (SSSR count). The standard InChI is InChI=1S/C10H11BrCl2/c1-10(2,3)9-7(12)4-6(11)5-8(9)13/h4-5H,1-3H3. The second-order valence-corrected chi connectivity index (χ2v) is 5.72. The molecule has 72 valence electrons. The van der Waals surface area contributed by atoms with Crippen molar-refractivity contribution in [1.82, 2.24) is 0 Å². The van der Waals surface area contributed by atoms with Crippen LogP contribution in [0.1, 0.15) is 26.3 Å². The fourth-order valence-corrected chi connectivity index (χ4v) is 3.03. The molecule has 0 atom stereocenters. The normalized spacial score (nSPS) is 11.8. The minimum atomic E-state index is -0.0190. The summed E-state index contributed by atoms with van der Waals surface area (Å²) >= 11 is 15.6. The maximum Gasteiger partial charge on any atom is 0.0469 e. The highest BCUT2D eigenvalue weighted by atomic mass is 79.9. The lowest BCUT2D eigenvalue weighted by molar-refractivity contribution is 0.590. The third kappa shape index (κ3) is 2.61. The number of halogens is 3. The van der Waals surface area contributed by atoms with Crippen molar-refractivity contribution in [2.24, 2.45) is 0 Å². The highest BCUT2D eigenvalue weighted by Gasteiger charge is 2.20.